The molecule has 1 fully saturated rings. The number of rotatable bonds is 6. The summed E-state index contributed by atoms with van der Waals surface area (Å²) in [5, 5.41) is 3.97. The maximum atomic E-state index is 13.6. The topological polar surface area (TPSA) is 48.2 Å². The first-order valence-corrected chi connectivity index (χ1v) is 6.79. The van der Waals surface area contributed by atoms with Crippen LogP contribution in [0, 0.1) is 5.82 Å². The molecule has 20 heavy (non-hydrogen) atoms. The van der Waals surface area contributed by atoms with Crippen LogP contribution in [0.4, 0.5) is 4.39 Å². The van der Waals surface area contributed by atoms with Crippen LogP contribution in [-0.2, 0) is 16.6 Å². The zero-order valence-corrected chi connectivity index (χ0v) is 11.4. The molecule has 2 aromatic rings. The molecule has 0 atom stereocenters. The van der Waals surface area contributed by atoms with Gasteiger partial charge in [-0.2, -0.15) is 4.98 Å². The smallest absolute Gasteiger partial charge is 0.232 e. The molecule has 4 nitrogen and oxygen atoms in total. The second-order valence-corrected chi connectivity index (χ2v) is 5.31. The number of halogens is 1. The first kappa shape index (κ1) is 13.2. The molecule has 0 aliphatic heterocycles. The van der Waals surface area contributed by atoms with E-state index in [1.54, 1.807) is 25.3 Å². The van der Waals surface area contributed by atoms with Crippen LogP contribution >= 0.6 is 0 Å². The number of nitrogens with zero attached hydrogens (tertiary/aromatic N) is 2. The number of hydrogen-bond acceptors (Lipinski definition) is 4. The highest BCUT2D eigenvalue weighted by atomic mass is 19.1. The van der Waals surface area contributed by atoms with Crippen LogP contribution in [0.1, 0.15) is 36.5 Å². The Labute approximate surface area is 117 Å². The lowest BCUT2D eigenvalue weighted by Crippen LogP contribution is -2.10. The Morgan fingerprint density at radius 3 is 2.85 bits per heavy atom. The highest BCUT2D eigenvalue weighted by Crippen LogP contribution is 2.50. The molecule has 1 aliphatic rings. The molecule has 3 rings (SSSR count). The molecule has 0 amide bonds. The summed E-state index contributed by atoms with van der Waals surface area (Å²) in [6.45, 7) is 0.686. The van der Waals surface area contributed by atoms with Crippen LogP contribution in [0.5, 0.6) is 0 Å². The molecule has 1 saturated carbocycles. The Hall–Kier alpha value is -1.75. The summed E-state index contributed by atoms with van der Waals surface area (Å²) in [4.78, 5) is 4.43. The van der Waals surface area contributed by atoms with E-state index < -0.39 is 0 Å². The summed E-state index contributed by atoms with van der Waals surface area (Å²) in [5.74, 6) is 0.967. The summed E-state index contributed by atoms with van der Waals surface area (Å²) >= 11 is 0. The Kier molecular flexibility index (Phi) is 3.53. The summed E-state index contributed by atoms with van der Waals surface area (Å²) in [7, 11) is 1.69. The molecular weight excluding hydrogens is 259 g/mol. The third-order valence-electron chi connectivity index (χ3n) is 3.87. The molecule has 106 valence electrons. The quantitative estimate of drug-likeness (QED) is 0.814. The standard InChI is InChI=1S/C15H17FN2O2/c1-19-9-8-15(6-7-15)14-17-13(18-20-14)10-11-4-2-3-5-12(11)16/h2-5H,6-10H2,1H3. The monoisotopic (exact) mass is 276 g/mol. The molecule has 0 radical (unpaired) electrons. The van der Waals surface area contributed by atoms with E-state index >= 15 is 0 Å². The van der Waals surface area contributed by atoms with Crippen molar-refractivity contribution in [2.24, 2.45) is 0 Å². The van der Waals surface area contributed by atoms with Crippen molar-refractivity contribution < 1.29 is 13.7 Å². The van der Waals surface area contributed by atoms with E-state index in [9.17, 15) is 4.39 Å². The van der Waals surface area contributed by atoms with E-state index in [0.29, 0.717) is 30.3 Å². The van der Waals surface area contributed by atoms with Gasteiger partial charge in [-0.1, -0.05) is 23.4 Å². The minimum Gasteiger partial charge on any atom is -0.385 e. The lowest BCUT2D eigenvalue weighted by Gasteiger charge is -2.07. The van der Waals surface area contributed by atoms with E-state index in [2.05, 4.69) is 10.1 Å². The van der Waals surface area contributed by atoms with Gasteiger partial charge in [-0.15, -0.1) is 0 Å². The van der Waals surface area contributed by atoms with Crippen molar-refractivity contribution >= 4 is 0 Å². The van der Waals surface area contributed by atoms with Gasteiger partial charge in [0.2, 0.25) is 5.89 Å². The fourth-order valence-corrected chi connectivity index (χ4v) is 2.37. The van der Waals surface area contributed by atoms with E-state index in [1.807, 2.05) is 0 Å². The van der Waals surface area contributed by atoms with Crippen LogP contribution in [-0.4, -0.2) is 23.9 Å². The molecule has 0 N–H and O–H groups in total. The summed E-state index contributed by atoms with van der Waals surface area (Å²) in [6.07, 6.45) is 3.36. The zero-order valence-electron chi connectivity index (χ0n) is 11.4. The van der Waals surface area contributed by atoms with Crippen molar-refractivity contribution in [1.29, 1.82) is 0 Å². The number of hydrogen-bond donors (Lipinski definition) is 0. The predicted molar refractivity (Wildman–Crippen MR) is 70.9 cm³/mol. The van der Waals surface area contributed by atoms with Gasteiger partial charge in [-0.05, 0) is 30.9 Å². The molecule has 0 unspecified atom stereocenters. The van der Waals surface area contributed by atoms with Crippen LogP contribution < -0.4 is 0 Å². The molecule has 1 heterocycles. The molecule has 0 saturated heterocycles. The van der Waals surface area contributed by atoms with E-state index in [-0.39, 0.29) is 11.2 Å². The van der Waals surface area contributed by atoms with E-state index in [0.717, 1.165) is 19.3 Å². The number of ether oxygens (including phenoxy) is 1. The largest absolute Gasteiger partial charge is 0.385 e. The van der Waals surface area contributed by atoms with Gasteiger partial charge in [0.05, 0.1) is 5.41 Å². The molecule has 5 heteroatoms. The molecule has 1 aromatic carbocycles. The van der Waals surface area contributed by atoms with Gasteiger partial charge in [0.25, 0.3) is 0 Å². The van der Waals surface area contributed by atoms with Crippen LogP contribution in [0.3, 0.4) is 0 Å². The predicted octanol–water partition coefficient (Wildman–Crippen LogP) is 2.87. The summed E-state index contributed by atoms with van der Waals surface area (Å²) in [6, 6.07) is 6.66. The summed E-state index contributed by atoms with van der Waals surface area (Å²) in [5.41, 5.74) is 0.581. The first-order valence-electron chi connectivity index (χ1n) is 6.79. The van der Waals surface area contributed by atoms with Crippen molar-refractivity contribution in [2.45, 2.75) is 31.1 Å². The molecule has 1 aliphatic carbocycles. The second kappa shape index (κ2) is 5.32. The van der Waals surface area contributed by atoms with Gasteiger partial charge in [0.1, 0.15) is 5.82 Å². The van der Waals surface area contributed by atoms with Gasteiger partial charge in [0.15, 0.2) is 5.82 Å². The van der Waals surface area contributed by atoms with Crippen LogP contribution in [0.15, 0.2) is 28.8 Å². The average molecular weight is 276 g/mol. The third kappa shape index (κ3) is 2.58. The average Bonchev–Trinajstić information content (AvgIpc) is 3.10. The molecular formula is C15H17FN2O2. The zero-order chi connectivity index (χ0) is 14.0. The van der Waals surface area contributed by atoms with Crippen molar-refractivity contribution in [2.75, 3.05) is 13.7 Å². The molecule has 0 spiro atoms. The van der Waals surface area contributed by atoms with Crippen LogP contribution in [0.2, 0.25) is 0 Å². The minimum atomic E-state index is -0.237. The van der Waals surface area contributed by atoms with E-state index in [1.165, 1.54) is 6.07 Å². The Morgan fingerprint density at radius 2 is 2.15 bits per heavy atom. The number of benzene rings is 1. The fourth-order valence-electron chi connectivity index (χ4n) is 2.37. The molecule has 0 bridgehead atoms. The fraction of sp³-hybridized carbons (Fsp3) is 0.467. The third-order valence-corrected chi connectivity index (χ3v) is 3.87. The summed E-state index contributed by atoms with van der Waals surface area (Å²) < 4.78 is 24.1. The van der Waals surface area contributed by atoms with E-state index in [4.69, 9.17) is 9.26 Å². The van der Waals surface area contributed by atoms with Crippen LogP contribution in [0.25, 0.3) is 0 Å². The highest BCUT2D eigenvalue weighted by Gasteiger charge is 2.48. The number of aromatic nitrogens is 2. The lowest BCUT2D eigenvalue weighted by atomic mass is 10.0. The number of methoxy groups -OCH3 is 1. The van der Waals surface area contributed by atoms with Crippen molar-refractivity contribution in [3.05, 3.63) is 47.4 Å². The Bertz CT molecular complexity index is 593. The lowest BCUT2D eigenvalue weighted by molar-refractivity contribution is 0.177. The first-order chi connectivity index (χ1) is 9.73. The van der Waals surface area contributed by atoms with Gasteiger partial charge in [-0.25, -0.2) is 4.39 Å². The molecule has 1 aromatic heterocycles. The SMILES string of the molecule is COCCC1(c2nc(Cc3ccccc3F)no2)CC1. The van der Waals surface area contributed by atoms with Crippen molar-refractivity contribution in [3.63, 3.8) is 0 Å². The minimum absolute atomic E-state index is 0.00348. The van der Waals surface area contributed by atoms with Crippen molar-refractivity contribution in [1.82, 2.24) is 10.1 Å². The normalized spacial score (nSPS) is 16.3. The van der Waals surface area contributed by atoms with Gasteiger partial charge in [0, 0.05) is 20.1 Å². The second-order valence-electron chi connectivity index (χ2n) is 5.31. The highest BCUT2D eigenvalue weighted by molar-refractivity contribution is 5.22. The van der Waals surface area contributed by atoms with Gasteiger partial charge >= 0.3 is 0 Å². The van der Waals surface area contributed by atoms with Gasteiger partial charge in [-0.3, -0.25) is 0 Å². The van der Waals surface area contributed by atoms with Gasteiger partial charge < -0.3 is 9.26 Å². The Morgan fingerprint density at radius 1 is 1.35 bits per heavy atom. The maximum Gasteiger partial charge on any atom is 0.232 e. The maximum absolute atomic E-state index is 13.6. The van der Waals surface area contributed by atoms with Crippen molar-refractivity contribution in [3.8, 4) is 0 Å². The Balaban J connectivity index is 1.73.